The summed E-state index contributed by atoms with van der Waals surface area (Å²) in [5, 5.41) is 8.73. The number of hydrogen-bond donors (Lipinski definition) is 1. The number of thioether (sulfide) groups is 1. The van der Waals surface area contributed by atoms with Crippen LogP contribution in [0.2, 0.25) is 0 Å². The van der Waals surface area contributed by atoms with Gasteiger partial charge in [-0.2, -0.15) is 8.78 Å². The lowest BCUT2D eigenvalue weighted by molar-refractivity contribution is -0.0498. The van der Waals surface area contributed by atoms with Crippen LogP contribution >= 0.6 is 11.8 Å². The van der Waals surface area contributed by atoms with Crippen molar-refractivity contribution in [3.05, 3.63) is 65.0 Å². The van der Waals surface area contributed by atoms with Crippen molar-refractivity contribution in [1.29, 1.82) is 0 Å². The summed E-state index contributed by atoms with van der Waals surface area (Å²) in [7, 11) is 0. The lowest BCUT2D eigenvalue weighted by Gasteiger charge is -2.14. The number of ether oxygens (including phenoxy) is 2. The summed E-state index contributed by atoms with van der Waals surface area (Å²) in [6, 6.07) is 12.6. The number of hydrogen-bond acceptors (Lipinski definition) is 6. The van der Waals surface area contributed by atoms with Crippen LogP contribution in [-0.2, 0) is 12.4 Å². The van der Waals surface area contributed by atoms with E-state index in [1.54, 1.807) is 12.1 Å². The van der Waals surface area contributed by atoms with Crippen molar-refractivity contribution in [3.63, 3.8) is 0 Å². The lowest BCUT2D eigenvalue weighted by atomic mass is 10.0. The summed E-state index contributed by atoms with van der Waals surface area (Å²) in [6.45, 7) is 3.56. The van der Waals surface area contributed by atoms with Crippen LogP contribution in [-0.4, -0.2) is 21.5 Å². The zero-order valence-corrected chi connectivity index (χ0v) is 17.8. The molecule has 30 heavy (non-hydrogen) atoms. The number of nitrogens with two attached hydrogens (primary N) is 1. The number of rotatable bonds is 9. The molecule has 0 unspecified atom stereocenters. The highest BCUT2D eigenvalue weighted by atomic mass is 32.2. The van der Waals surface area contributed by atoms with Crippen LogP contribution in [0.25, 0.3) is 0 Å². The van der Waals surface area contributed by atoms with Crippen LogP contribution < -0.4 is 15.3 Å². The van der Waals surface area contributed by atoms with Crippen molar-refractivity contribution in [2.24, 2.45) is 0 Å². The maximum atomic E-state index is 12.4. The molecular weight excluding hydrogens is 410 g/mol. The number of aromatic nitrogens is 3. The van der Waals surface area contributed by atoms with Crippen LogP contribution in [0.3, 0.4) is 0 Å². The molecule has 2 N–H and O–H groups in total. The number of aryl methyl sites for hydroxylation is 1. The Morgan fingerprint density at radius 1 is 1.13 bits per heavy atom. The van der Waals surface area contributed by atoms with Gasteiger partial charge in [0, 0.05) is 5.75 Å². The van der Waals surface area contributed by atoms with Crippen molar-refractivity contribution in [2.75, 3.05) is 5.84 Å². The van der Waals surface area contributed by atoms with Gasteiger partial charge >= 0.3 is 6.61 Å². The third-order valence-corrected chi connectivity index (χ3v) is 5.39. The maximum Gasteiger partial charge on any atom is 0.387 e. The topological polar surface area (TPSA) is 75.2 Å². The smallest absolute Gasteiger partial charge is 0.387 e. The Morgan fingerprint density at radius 3 is 2.67 bits per heavy atom. The second kappa shape index (κ2) is 9.80. The van der Waals surface area contributed by atoms with Gasteiger partial charge < -0.3 is 15.3 Å². The Labute approximate surface area is 178 Å². The largest absolute Gasteiger partial charge is 0.485 e. The standard InChI is InChI=1S/C21H24F2N4O2S/c1-13(2)17-8-7-14(3)9-18(17)28-11-19-25-26-21(27(19)24)30-12-15-5-4-6-16(10-15)29-20(22)23/h4-10,13,20H,11-12,24H2,1-3H3. The molecule has 1 heterocycles. The average Bonchev–Trinajstić information content (AvgIpc) is 3.04. The summed E-state index contributed by atoms with van der Waals surface area (Å²) >= 11 is 1.35. The number of nitrogen functional groups attached to an aromatic ring is 1. The molecule has 160 valence electrons. The quantitative estimate of drug-likeness (QED) is 0.382. The Hall–Kier alpha value is -2.81. The monoisotopic (exact) mass is 434 g/mol. The predicted molar refractivity (Wildman–Crippen MR) is 112 cm³/mol. The first kappa shape index (κ1) is 21.9. The summed E-state index contributed by atoms with van der Waals surface area (Å²) in [5.74, 6) is 8.34. The normalized spacial score (nSPS) is 11.3. The van der Waals surface area contributed by atoms with Crippen molar-refractivity contribution in [3.8, 4) is 11.5 Å². The van der Waals surface area contributed by atoms with Crippen LogP contribution in [0.4, 0.5) is 8.78 Å². The fraction of sp³-hybridized carbons (Fsp3) is 0.333. The van der Waals surface area contributed by atoms with E-state index in [0.29, 0.717) is 22.7 Å². The lowest BCUT2D eigenvalue weighted by Crippen LogP contribution is -2.16. The molecular formula is C21H24F2N4O2S. The number of alkyl halides is 2. The van der Waals surface area contributed by atoms with Crippen LogP contribution in [0.1, 0.15) is 42.3 Å². The number of halogens is 2. The second-order valence-corrected chi connectivity index (χ2v) is 8.01. The SMILES string of the molecule is Cc1ccc(C(C)C)c(OCc2nnc(SCc3cccc(OC(F)F)c3)n2N)c1. The highest BCUT2D eigenvalue weighted by molar-refractivity contribution is 7.98. The Balaban J connectivity index is 1.64. The summed E-state index contributed by atoms with van der Waals surface area (Å²) in [5.41, 5.74) is 3.03. The van der Waals surface area contributed by atoms with E-state index in [0.717, 1.165) is 22.4 Å². The molecule has 0 aliphatic rings. The summed E-state index contributed by atoms with van der Waals surface area (Å²) in [4.78, 5) is 0. The number of benzene rings is 2. The third kappa shape index (κ3) is 5.63. The molecule has 0 atom stereocenters. The number of nitrogens with zero attached hydrogens (tertiary/aromatic N) is 3. The van der Waals surface area contributed by atoms with E-state index in [-0.39, 0.29) is 12.4 Å². The maximum absolute atomic E-state index is 12.4. The van der Waals surface area contributed by atoms with Gasteiger partial charge in [-0.25, -0.2) is 4.68 Å². The first-order valence-electron chi connectivity index (χ1n) is 9.42. The molecule has 0 aliphatic heterocycles. The van der Waals surface area contributed by atoms with Crippen LogP contribution in [0, 0.1) is 6.92 Å². The second-order valence-electron chi connectivity index (χ2n) is 7.07. The highest BCUT2D eigenvalue weighted by Crippen LogP contribution is 2.28. The zero-order valence-electron chi connectivity index (χ0n) is 17.0. The van der Waals surface area contributed by atoms with Crippen molar-refractivity contribution >= 4 is 11.8 Å². The highest BCUT2D eigenvalue weighted by Gasteiger charge is 2.14. The molecule has 3 rings (SSSR count). The van der Waals surface area contributed by atoms with Gasteiger partial charge in [0.1, 0.15) is 18.1 Å². The van der Waals surface area contributed by atoms with Gasteiger partial charge in [-0.05, 0) is 47.7 Å². The Kier molecular flexibility index (Phi) is 7.15. The zero-order chi connectivity index (χ0) is 21.7. The Morgan fingerprint density at radius 2 is 1.93 bits per heavy atom. The van der Waals surface area contributed by atoms with E-state index in [1.807, 2.05) is 19.1 Å². The van der Waals surface area contributed by atoms with Crippen LogP contribution in [0.15, 0.2) is 47.6 Å². The van der Waals surface area contributed by atoms with Gasteiger partial charge in [-0.3, -0.25) is 0 Å². The first-order valence-corrected chi connectivity index (χ1v) is 10.4. The van der Waals surface area contributed by atoms with E-state index in [9.17, 15) is 8.78 Å². The molecule has 0 radical (unpaired) electrons. The molecule has 9 heteroatoms. The van der Waals surface area contributed by atoms with Crippen molar-refractivity contribution in [1.82, 2.24) is 14.9 Å². The third-order valence-electron chi connectivity index (χ3n) is 4.37. The minimum atomic E-state index is -2.85. The van der Waals surface area contributed by atoms with E-state index >= 15 is 0 Å². The molecule has 6 nitrogen and oxygen atoms in total. The first-order chi connectivity index (χ1) is 14.3. The van der Waals surface area contributed by atoms with E-state index < -0.39 is 6.61 Å². The minimum absolute atomic E-state index is 0.116. The molecule has 2 aromatic carbocycles. The Bertz CT molecular complexity index is 995. The molecule has 0 aliphatic carbocycles. The van der Waals surface area contributed by atoms with Gasteiger partial charge in [-0.1, -0.05) is 49.9 Å². The van der Waals surface area contributed by atoms with Crippen molar-refractivity contribution in [2.45, 2.75) is 50.8 Å². The molecule has 0 amide bonds. The van der Waals surface area contributed by atoms with Gasteiger partial charge in [0.15, 0.2) is 5.82 Å². The van der Waals surface area contributed by atoms with Gasteiger partial charge in [0.25, 0.3) is 0 Å². The predicted octanol–water partition coefficient (Wildman–Crippen LogP) is 4.90. The molecule has 1 aromatic heterocycles. The van der Waals surface area contributed by atoms with Crippen molar-refractivity contribution < 1.29 is 18.3 Å². The minimum Gasteiger partial charge on any atom is -0.485 e. The molecule has 3 aromatic rings. The summed E-state index contributed by atoms with van der Waals surface area (Å²) < 4.78 is 36.5. The van der Waals surface area contributed by atoms with E-state index in [1.165, 1.54) is 22.5 Å². The fourth-order valence-electron chi connectivity index (χ4n) is 2.85. The molecule has 0 saturated heterocycles. The summed E-state index contributed by atoms with van der Waals surface area (Å²) in [6.07, 6.45) is 0. The van der Waals surface area contributed by atoms with Crippen LogP contribution in [0.5, 0.6) is 11.5 Å². The fourth-order valence-corrected chi connectivity index (χ4v) is 3.67. The average molecular weight is 435 g/mol. The van der Waals surface area contributed by atoms with E-state index in [2.05, 4.69) is 40.9 Å². The van der Waals surface area contributed by atoms with Gasteiger partial charge in [0.05, 0.1) is 0 Å². The molecule has 0 spiro atoms. The van der Waals surface area contributed by atoms with Gasteiger partial charge in [-0.15, -0.1) is 10.2 Å². The molecule has 0 bridgehead atoms. The molecule has 0 fully saturated rings. The van der Waals surface area contributed by atoms with E-state index in [4.69, 9.17) is 10.6 Å². The molecule has 0 saturated carbocycles. The van der Waals surface area contributed by atoms with Gasteiger partial charge in [0.2, 0.25) is 5.16 Å².